The summed E-state index contributed by atoms with van der Waals surface area (Å²) in [4.78, 5) is 15.5. The summed E-state index contributed by atoms with van der Waals surface area (Å²) in [5.74, 6) is 0.163. The van der Waals surface area contributed by atoms with Gasteiger partial charge in [0.2, 0.25) is 5.96 Å². The molecule has 0 saturated carbocycles. The zero-order chi connectivity index (χ0) is 15.5. The number of urea groups is 1. The fourth-order valence-corrected chi connectivity index (χ4v) is 2.47. The Kier molecular flexibility index (Phi) is 3.98. The van der Waals surface area contributed by atoms with Gasteiger partial charge in [0.15, 0.2) is 0 Å². The minimum Gasteiger partial charge on any atom is -0.311 e. The lowest BCUT2D eigenvalue weighted by molar-refractivity contribution is 0.236. The molecular formula is C16H15ClN4O. The summed E-state index contributed by atoms with van der Waals surface area (Å²) in [7, 11) is 0. The van der Waals surface area contributed by atoms with Crippen LogP contribution in [0.25, 0.3) is 0 Å². The molecule has 2 N–H and O–H groups in total. The molecule has 1 heterocycles. The normalized spacial score (nSPS) is 14.3. The topological polar surface area (TPSA) is 59.4 Å². The SMILES string of the molecule is N=C1N(C(=O)Nc2ccccc2)CCN1c1ccc(Cl)cc1. The van der Waals surface area contributed by atoms with Crippen LogP contribution in [0.2, 0.25) is 5.02 Å². The Morgan fingerprint density at radius 3 is 2.41 bits per heavy atom. The smallest absolute Gasteiger partial charge is 0.311 e. The van der Waals surface area contributed by atoms with E-state index in [4.69, 9.17) is 17.0 Å². The van der Waals surface area contributed by atoms with Gasteiger partial charge in [-0.1, -0.05) is 29.8 Å². The number of carbonyl (C=O) groups is 1. The third-order valence-corrected chi connectivity index (χ3v) is 3.72. The molecule has 0 atom stereocenters. The van der Waals surface area contributed by atoms with E-state index in [1.165, 1.54) is 4.90 Å². The van der Waals surface area contributed by atoms with Gasteiger partial charge in [0.1, 0.15) is 0 Å². The molecule has 6 heteroatoms. The summed E-state index contributed by atoms with van der Waals surface area (Å²) in [6.07, 6.45) is 0. The van der Waals surface area contributed by atoms with Gasteiger partial charge in [-0.2, -0.15) is 0 Å². The van der Waals surface area contributed by atoms with Crippen LogP contribution in [-0.4, -0.2) is 30.0 Å². The van der Waals surface area contributed by atoms with Crippen LogP contribution in [0, 0.1) is 5.41 Å². The van der Waals surface area contributed by atoms with Crippen LogP contribution in [0.4, 0.5) is 16.2 Å². The molecule has 0 bridgehead atoms. The van der Waals surface area contributed by atoms with Crippen molar-refractivity contribution in [2.75, 3.05) is 23.3 Å². The van der Waals surface area contributed by atoms with Crippen LogP contribution in [0.3, 0.4) is 0 Å². The van der Waals surface area contributed by atoms with Crippen molar-refractivity contribution in [3.05, 3.63) is 59.6 Å². The molecule has 1 aliphatic heterocycles. The highest BCUT2D eigenvalue weighted by atomic mass is 35.5. The average Bonchev–Trinajstić information content (AvgIpc) is 2.91. The van der Waals surface area contributed by atoms with Crippen LogP contribution in [-0.2, 0) is 0 Å². The van der Waals surface area contributed by atoms with Crippen molar-refractivity contribution in [1.82, 2.24) is 4.90 Å². The number of amides is 2. The highest BCUT2D eigenvalue weighted by molar-refractivity contribution is 6.30. The third kappa shape index (κ3) is 2.89. The van der Waals surface area contributed by atoms with Crippen molar-refractivity contribution in [3.8, 4) is 0 Å². The van der Waals surface area contributed by atoms with E-state index in [0.717, 1.165) is 5.69 Å². The largest absolute Gasteiger partial charge is 0.328 e. The summed E-state index contributed by atoms with van der Waals surface area (Å²) in [6.45, 7) is 1.06. The lowest BCUT2D eigenvalue weighted by Crippen LogP contribution is -2.39. The Morgan fingerprint density at radius 2 is 1.73 bits per heavy atom. The van der Waals surface area contributed by atoms with E-state index in [1.54, 1.807) is 17.0 Å². The summed E-state index contributed by atoms with van der Waals surface area (Å²) in [5.41, 5.74) is 1.56. The van der Waals surface area contributed by atoms with Crippen LogP contribution < -0.4 is 10.2 Å². The van der Waals surface area contributed by atoms with E-state index in [0.29, 0.717) is 23.8 Å². The molecule has 5 nitrogen and oxygen atoms in total. The van der Waals surface area contributed by atoms with Crippen molar-refractivity contribution in [2.45, 2.75) is 0 Å². The molecule has 1 fully saturated rings. The molecule has 2 aromatic carbocycles. The number of hydrogen-bond donors (Lipinski definition) is 2. The zero-order valence-corrected chi connectivity index (χ0v) is 12.5. The lowest BCUT2D eigenvalue weighted by Gasteiger charge is -2.21. The van der Waals surface area contributed by atoms with Crippen molar-refractivity contribution < 1.29 is 4.79 Å². The van der Waals surface area contributed by atoms with Crippen molar-refractivity contribution in [2.24, 2.45) is 0 Å². The average molecular weight is 315 g/mol. The molecule has 3 rings (SSSR count). The van der Waals surface area contributed by atoms with Gasteiger partial charge in [-0.05, 0) is 36.4 Å². The molecule has 0 aliphatic carbocycles. The predicted molar refractivity (Wildman–Crippen MR) is 88.7 cm³/mol. The second kappa shape index (κ2) is 6.07. The molecule has 1 aliphatic rings. The standard InChI is InChI=1S/C16H15ClN4O/c17-12-6-8-14(9-7-12)20-10-11-21(15(20)18)16(22)19-13-4-2-1-3-5-13/h1-9,18H,10-11H2,(H,19,22). The van der Waals surface area contributed by atoms with Crippen molar-refractivity contribution in [1.29, 1.82) is 5.41 Å². The summed E-state index contributed by atoms with van der Waals surface area (Å²) in [5, 5.41) is 11.6. The molecule has 0 radical (unpaired) electrons. The van der Waals surface area contributed by atoms with Gasteiger partial charge in [-0.15, -0.1) is 0 Å². The van der Waals surface area contributed by atoms with Crippen LogP contribution in [0.5, 0.6) is 0 Å². The maximum atomic E-state index is 12.3. The number of para-hydroxylation sites is 1. The zero-order valence-electron chi connectivity index (χ0n) is 11.8. The van der Waals surface area contributed by atoms with Gasteiger partial charge in [0, 0.05) is 29.5 Å². The number of nitrogens with one attached hydrogen (secondary N) is 2. The van der Waals surface area contributed by atoms with Crippen LogP contribution in [0.15, 0.2) is 54.6 Å². The highest BCUT2D eigenvalue weighted by Gasteiger charge is 2.30. The molecule has 22 heavy (non-hydrogen) atoms. The number of anilines is 2. The summed E-state index contributed by atoms with van der Waals surface area (Å²) in [6, 6.07) is 16.2. The predicted octanol–water partition coefficient (Wildman–Crippen LogP) is 3.63. The second-order valence-electron chi connectivity index (χ2n) is 4.90. The Labute approximate surface area is 133 Å². The molecule has 112 valence electrons. The Bertz CT molecular complexity index is 687. The number of hydrogen-bond acceptors (Lipinski definition) is 2. The van der Waals surface area contributed by atoms with Gasteiger partial charge in [0.05, 0.1) is 0 Å². The second-order valence-corrected chi connectivity index (χ2v) is 5.34. The summed E-state index contributed by atoms with van der Waals surface area (Å²) < 4.78 is 0. The molecule has 2 aromatic rings. The third-order valence-electron chi connectivity index (χ3n) is 3.47. The fraction of sp³-hybridized carbons (Fsp3) is 0.125. The minimum absolute atomic E-state index is 0.163. The first-order valence-corrected chi connectivity index (χ1v) is 7.28. The van der Waals surface area contributed by atoms with E-state index < -0.39 is 0 Å². The van der Waals surface area contributed by atoms with Crippen molar-refractivity contribution >= 4 is 35.0 Å². The number of benzene rings is 2. The highest BCUT2D eigenvalue weighted by Crippen LogP contribution is 2.22. The Morgan fingerprint density at radius 1 is 1.05 bits per heavy atom. The van der Waals surface area contributed by atoms with Gasteiger partial charge in [-0.25, -0.2) is 4.79 Å². The molecular weight excluding hydrogens is 300 g/mol. The minimum atomic E-state index is -0.298. The van der Waals surface area contributed by atoms with Gasteiger partial charge < -0.3 is 10.2 Å². The van der Waals surface area contributed by atoms with E-state index in [9.17, 15) is 4.79 Å². The molecule has 1 saturated heterocycles. The van der Waals surface area contributed by atoms with Gasteiger partial charge in [0.25, 0.3) is 0 Å². The maximum Gasteiger partial charge on any atom is 0.328 e. The van der Waals surface area contributed by atoms with Crippen LogP contribution in [0.1, 0.15) is 0 Å². The number of carbonyl (C=O) groups excluding carboxylic acids is 1. The van der Waals surface area contributed by atoms with E-state index >= 15 is 0 Å². The van der Waals surface area contributed by atoms with Crippen molar-refractivity contribution in [3.63, 3.8) is 0 Å². The van der Waals surface area contributed by atoms with Gasteiger partial charge >= 0.3 is 6.03 Å². The van der Waals surface area contributed by atoms with E-state index in [-0.39, 0.29) is 12.0 Å². The quantitative estimate of drug-likeness (QED) is 0.889. The number of halogens is 1. The molecule has 0 aromatic heterocycles. The molecule has 0 spiro atoms. The monoisotopic (exact) mass is 314 g/mol. The Balaban J connectivity index is 1.70. The fourth-order valence-electron chi connectivity index (χ4n) is 2.34. The Hall–Kier alpha value is -2.53. The lowest BCUT2D eigenvalue weighted by atomic mass is 10.3. The number of rotatable bonds is 2. The first-order chi connectivity index (χ1) is 10.6. The molecule has 2 amide bonds. The first kappa shape index (κ1) is 14.4. The van der Waals surface area contributed by atoms with E-state index in [2.05, 4.69) is 5.32 Å². The number of guanidine groups is 1. The maximum absolute atomic E-state index is 12.3. The molecule has 0 unspecified atom stereocenters. The number of nitrogens with zero attached hydrogens (tertiary/aromatic N) is 2. The van der Waals surface area contributed by atoms with E-state index in [1.807, 2.05) is 42.5 Å². The first-order valence-electron chi connectivity index (χ1n) is 6.90. The summed E-state index contributed by atoms with van der Waals surface area (Å²) >= 11 is 5.88. The van der Waals surface area contributed by atoms with Gasteiger partial charge in [-0.3, -0.25) is 10.3 Å². The van der Waals surface area contributed by atoms with Crippen LogP contribution >= 0.6 is 11.6 Å².